The predicted molar refractivity (Wildman–Crippen MR) is 74.0 cm³/mol. The summed E-state index contributed by atoms with van der Waals surface area (Å²) in [5, 5.41) is 3.25. The maximum Gasteiger partial charge on any atom is 0.133 e. The van der Waals surface area contributed by atoms with E-state index in [9.17, 15) is 0 Å². The minimum atomic E-state index is 0.692. The Bertz CT molecular complexity index is 334. The number of nitrogens with zero attached hydrogens (tertiary/aromatic N) is 3. The first-order valence-electron chi connectivity index (χ1n) is 6.24. The number of hydrogen-bond acceptors (Lipinski definition) is 6. The van der Waals surface area contributed by atoms with Gasteiger partial charge < -0.3 is 20.7 Å². The molecule has 6 heteroatoms. The summed E-state index contributed by atoms with van der Waals surface area (Å²) in [7, 11) is 3.71. The van der Waals surface area contributed by atoms with Crippen LogP contribution in [-0.4, -0.2) is 50.4 Å². The lowest BCUT2D eigenvalue weighted by molar-refractivity contribution is 0.198. The van der Waals surface area contributed by atoms with Crippen molar-refractivity contribution in [3.05, 3.63) is 12.4 Å². The number of rotatable bonds is 9. The van der Waals surface area contributed by atoms with Crippen molar-refractivity contribution in [2.45, 2.75) is 12.8 Å². The Morgan fingerprint density at radius 1 is 1.39 bits per heavy atom. The Morgan fingerprint density at radius 3 is 2.94 bits per heavy atom. The monoisotopic (exact) mass is 253 g/mol. The van der Waals surface area contributed by atoms with E-state index in [2.05, 4.69) is 20.2 Å². The molecule has 3 N–H and O–H groups in total. The molecule has 0 saturated carbocycles. The topological polar surface area (TPSA) is 76.3 Å². The van der Waals surface area contributed by atoms with E-state index in [1.54, 1.807) is 13.4 Å². The summed E-state index contributed by atoms with van der Waals surface area (Å²) < 4.78 is 4.99. The van der Waals surface area contributed by atoms with E-state index in [1.807, 2.05) is 13.1 Å². The molecule has 0 bridgehead atoms. The van der Waals surface area contributed by atoms with Gasteiger partial charge in [-0.05, 0) is 19.4 Å². The van der Waals surface area contributed by atoms with Gasteiger partial charge in [-0.3, -0.25) is 0 Å². The first-order chi connectivity index (χ1) is 8.77. The molecule has 0 amide bonds. The molecule has 1 heterocycles. The number of nitrogens with one attached hydrogen (secondary N) is 1. The van der Waals surface area contributed by atoms with Crippen LogP contribution in [0.5, 0.6) is 0 Å². The summed E-state index contributed by atoms with van der Waals surface area (Å²) in [6.07, 6.45) is 3.49. The van der Waals surface area contributed by atoms with Crippen LogP contribution in [0.15, 0.2) is 12.4 Å². The van der Waals surface area contributed by atoms with Gasteiger partial charge in [-0.2, -0.15) is 0 Å². The lowest BCUT2D eigenvalue weighted by Crippen LogP contribution is -2.22. The van der Waals surface area contributed by atoms with Gasteiger partial charge in [0.25, 0.3) is 0 Å². The van der Waals surface area contributed by atoms with E-state index in [0.717, 1.165) is 44.2 Å². The van der Waals surface area contributed by atoms with E-state index in [4.69, 9.17) is 10.5 Å². The fraction of sp³-hybridized carbons (Fsp3) is 0.667. The molecule has 6 nitrogen and oxygen atoms in total. The summed E-state index contributed by atoms with van der Waals surface area (Å²) in [4.78, 5) is 10.5. The molecular weight excluding hydrogens is 230 g/mol. The van der Waals surface area contributed by atoms with Crippen LogP contribution in [0.4, 0.5) is 11.6 Å². The largest absolute Gasteiger partial charge is 0.385 e. The van der Waals surface area contributed by atoms with E-state index in [-0.39, 0.29) is 0 Å². The highest BCUT2D eigenvalue weighted by Crippen LogP contribution is 2.12. The summed E-state index contributed by atoms with van der Waals surface area (Å²) in [6, 6.07) is 1.95. The molecule has 0 spiro atoms. The molecule has 0 aliphatic carbocycles. The number of nitrogens with two attached hydrogens (primary N) is 1. The number of ether oxygens (including phenoxy) is 1. The number of aromatic nitrogens is 2. The van der Waals surface area contributed by atoms with Crippen LogP contribution >= 0.6 is 0 Å². The van der Waals surface area contributed by atoms with Crippen LogP contribution in [0.3, 0.4) is 0 Å². The molecule has 0 unspecified atom stereocenters. The van der Waals surface area contributed by atoms with Crippen molar-refractivity contribution in [3.63, 3.8) is 0 Å². The highest BCUT2D eigenvalue weighted by atomic mass is 16.5. The first kappa shape index (κ1) is 14.7. The number of hydrogen-bond donors (Lipinski definition) is 2. The molecule has 0 atom stereocenters. The molecule has 0 radical (unpaired) electrons. The SMILES string of the molecule is COCCCNc1cc(N(C)CCCN)ncn1. The maximum atomic E-state index is 5.50. The van der Waals surface area contributed by atoms with Crippen molar-refractivity contribution in [2.75, 3.05) is 50.6 Å². The summed E-state index contributed by atoms with van der Waals surface area (Å²) in [6.45, 7) is 3.19. The van der Waals surface area contributed by atoms with Crippen LogP contribution in [0.2, 0.25) is 0 Å². The Kier molecular flexibility index (Phi) is 7.05. The molecule has 1 aromatic rings. The smallest absolute Gasteiger partial charge is 0.133 e. The van der Waals surface area contributed by atoms with Crippen LogP contribution in [0, 0.1) is 0 Å². The normalized spacial score (nSPS) is 10.4. The zero-order chi connectivity index (χ0) is 13.2. The van der Waals surface area contributed by atoms with E-state index in [1.165, 1.54) is 0 Å². The minimum absolute atomic E-state index is 0.692. The molecule has 0 aliphatic heterocycles. The first-order valence-corrected chi connectivity index (χ1v) is 6.24. The standard InChI is InChI=1S/C12H23N5O/c1-17(7-3-5-13)12-9-11(15-10-16-12)14-6-4-8-18-2/h9-10H,3-8,13H2,1-2H3,(H,14,15,16). The van der Waals surface area contributed by atoms with Crippen molar-refractivity contribution in [3.8, 4) is 0 Å². The van der Waals surface area contributed by atoms with Crippen molar-refractivity contribution in [1.82, 2.24) is 9.97 Å². The molecule has 1 aromatic heterocycles. The summed E-state index contributed by atoms with van der Waals surface area (Å²) >= 11 is 0. The molecule has 18 heavy (non-hydrogen) atoms. The van der Waals surface area contributed by atoms with Crippen molar-refractivity contribution in [2.24, 2.45) is 5.73 Å². The quantitative estimate of drug-likeness (QED) is 0.631. The zero-order valence-corrected chi connectivity index (χ0v) is 11.2. The number of methoxy groups -OCH3 is 1. The maximum absolute atomic E-state index is 5.50. The second-order valence-corrected chi connectivity index (χ2v) is 4.10. The highest BCUT2D eigenvalue weighted by Gasteiger charge is 2.03. The third-order valence-electron chi connectivity index (χ3n) is 2.57. The molecular formula is C12H23N5O. The van der Waals surface area contributed by atoms with Gasteiger partial charge in [0.15, 0.2) is 0 Å². The van der Waals surface area contributed by atoms with Gasteiger partial charge >= 0.3 is 0 Å². The van der Waals surface area contributed by atoms with Gasteiger partial charge in [0.2, 0.25) is 0 Å². The summed E-state index contributed by atoms with van der Waals surface area (Å²) in [5.41, 5.74) is 5.50. The van der Waals surface area contributed by atoms with Crippen molar-refractivity contribution < 1.29 is 4.74 Å². The number of anilines is 2. The highest BCUT2D eigenvalue weighted by molar-refractivity contribution is 5.47. The summed E-state index contributed by atoms with van der Waals surface area (Å²) in [5.74, 6) is 1.75. The molecule has 1 rings (SSSR count). The van der Waals surface area contributed by atoms with Crippen LogP contribution in [0.1, 0.15) is 12.8 Å². The van der Waals surface area contributed by atoms with Gasteiger partial charge in [-0.15, -0.1) is 0 Å². The van der Waals surface area contributed by atoms with E-state index >= 15 is 0 Å². The average Bonchev–Trinajstić information content (AvgIpc) is 2.41. The Labute approximate surface area is 109 Å². The Morgan fingerprint density at radius 2 is 2.22 bits per heavy atom. The lowest BCUT2D eigenvalue weighted by atomic mass is 10.4. The van der Waals surface area contributed by atoms with E-state index in [0.29, 0.717) is 6.54 Å². The fourth-order valence-corrected chi connectivity index (χ4v) is 1.53. The van der Waals surface area contributed by atoms with Gasteiger partial charge in [-0.1, -0.05) is 0 Å². The fourth-order valence-electron chi connectivity index (χ4n) is 1.53. The van der Waals surface area contributed by atoms with Crippen molar-refractivity contribution in [1.29, 1.82) is 0 Å². The molecule has 0 fully saturated rings. The van der Waals surface area contributed by atoms with Crippen LogP contribution in [0.25, 0.3) is 0 Å². The molecule has 0 aliphatic rings. The third kappa shape index (κ3) is 5.29. The molecule has 0 aromatic carbocycles. The second kappa shape index (κ2) is 8.66. The van der Waals surface area contributed by atoms with Gasteiger partial charge in [0.1, 0.15) is 18.0 Å². The zero-order valence-electron chi connectivity index (χ0n) is 11.2. The van der Waals surface area contributed by atoms with Gasteiger partial charge in [-0.25, -0.2) is 9.97 Å². The van der Waals surface area contributed by atoms with Crippen LogP contribution < -0.4 is 16.0 Å². The van der Waals surface area contributed by atoms with Crippen molar-refractivity contribution >= 4 is 11.6 Å². The van der Waals surface area contributed by atoms with Gasteiger partial charge in [0.05, 0.1) is 0 Å². The van der Waals surface area contributed by atoms with Gasteiger partial charge in [0, 0.05) is 39.9 Å². The third-order valence-corrected chi connectivity index (χ3v) is 2.57. The predicted octanol–water partition coefficient (Wildman–Crippen LogP) is 0.710. The van der Waals surface area contributed by atoms with Crippen LogP contribution in [-0.2, 0) is 4.74 Å². The minimum Gasteiger partial charge on any atom is -0.385 e. The second-order valence-electron chi connectivity index (χ2n) is 4.10. The Hall–Kier alpha value is -1.40. The Balaban J connectivity index is 2.45. The average molecular weight is 253 g/mol. The van der Waals surface area contributed by atoms with E-state index < -0.39 is 0 Å². The molecule has 102 valence electrons. The molecule has 0 saturated heterocycles. The lowest BCUT2D eigenvalue weighted by Gasteiger charge is -2.18.